The molecule has 0 N–H and O–H groups in total. The van der Waals surface area contributed by atoms with Crippen molar-refractivity contribution in [2.24, 2.45) is 17.3 Å². The maximum Gasteiger partial charge on any atom is 0.188 e. The molecular weight excluding hydrogens is 428 g/mol. The predicted octanol–water partition coefficient (Wildman–Crippen LogP) is 6.58. The van der Waals surface area contributed by atoms with Gasteiger partial charge in [0.05, 0.1) is 13.2 Å². The summed E-state index contributed by atoms with van der Waals surface area (Å²) in [6.07, 6.45) is 12.1. The van der Waals surface area contributed by atoms with E-state index in [9.17, 15) is 4.79 Å². The van der Waals surface area contributed by atoms with Crippen LogP contribution in [-0.4, -0.2) is 30.0 Å². The highest BCUT2D eigenvalue weighted by atomic mass is 32.2. The van der Waals surface area contributed by atoms with Gasteiger partial charge in [0, 0.05) is 34.3 Å². The highest BCUT2D eigenvalue weighted by Gasteiger charge is 2.56. The first-order chi connectivity index (χ1) is 16.0. The van der Waals surface area contributed by atoms with Crippen molar-refractivity contribution in [3.63, 3.8) is 0 Å². The van der Waals surface area contributed by atoms with E-state index in [1.165, 1.54) is 35.3 Å². The number of hydrogen-bond acceptors (Lipinski definition) is 4. The van der Waals surface area contributed by atoms with E-state index in [0.29, 0.717) is 36.8 Å². The molecule has 1 aromatic carbocycles. The number of Topliss-reactive ketones (excluding diaryl/α,β-unsaturated/α-hetero) is 1. The van der Waals surface area contributed by atoms with Crippen LogP contribution in [0.3, 0.4) is 0 Å². The van der Waals surface area contributed by atoms with Gasteiger partial charge in [-0.15, -0.1) is 11.8 Å². The average Bonchev–Trinajstić information content (AvgIpc) is 3.45. The van der Waals surface area contributed by atoms with Gasteiger partial charge in [0.15, 0.2) is 5.79 Å². The lowest BCUT2D eigenvalue weighted by molar-refractivity contribution is -0.128. The van der Waals surface area contributed by atoms with Gasteiger partial charge in [-0.05, 0) is 91.7 Å². The van der Waals surface area contributed by atoms with E-state index in [0.717, 1.165) is 43.8 Å². The van der Waals surface area contributed by atoms with Crippen LogP contribution in [0.2, 0.25) is 0 Å². The molecule has 1 saturated heterocycles. The molecule has 0 aromatic heterocycles. The summed E-state index contributed by atoms with van der Waals surface area (Å²) in [4.78, 5) is 14.5. The fraction of sp³-hybridized carbons (Fsp3) is 0.621. The lowest BCUT2D eigenvalue weighted by atomic mass is 9.53. The standard InChI is InChI=1S/C29H34O3S/c1-28-17-24(18-2-5-20(6-3-18)33-21-7-8-21)27-22-12-13-29(31-14-15-32-29)16-19(22)4-9-23(27)25(28)10-11-26(28)30/h2-3,5-6,16,21,23-25H,4,7-15,17H2,1H3/t23-,24?,25-,28-/m0/s1. The summed E-state index contributed by atoms with van der Waals surface area (Å²) in [6.45, 7) is 3.70. The molecule has 0 bridgehead atoms. The van der Waals surface area contributed by atoms with Gasteiger partial charge in [-0.1, -0.05) is 24.6 Å². The first-order valence-corrected chi connectivity index (χ1v) is 14.0. The Morgan fingerprint density at radius 2 is 1.76 bits per heavy atom. The van der Waals surface area contributed by atoms with Gasteiger partial charge in [0.25, 0.3) is 0 Å². The number of fused-ring (bicyclic) bond motifs is 4. The molecule has 1 spiro atoms. The first kappa shape index (κ1) is 21.0. The maximum absolute atomic E-state index is 13.2. The molecule has 5 aliphatic carbocycles. The van der Waals surface area contributed by atoms with Gasteiger partial charge in [0.2, 0.25) is 0 Å². The molecule has 4 fully saturated rings. The number of allylic oxidation sites excluding steroid dienone is 3. The summed E-state index contributed by atoms with van der Waals surface area (Å²) in [7, 11) is 0. The van der Waals surface area contributed by atoms with Gasteiger partial charge >= 0.3 is 0 Å². The van der Waals surface area contributed by atoms with Crippen molar-refractivity contribution in [2.75, 3.05) is 13.2 Å². The lowest BCUT2D eigenvalue weighted by Gasteiger charge is -2.50. The van der Waals surface area contributed by atoms with E-state index >= 15 is 0 Å². The Bertz CT molecular complexity index is 1040. The van der Waals surface area contributed by atoms with Gasteiger partial charge in [-0.25, -0.2) is 0 Å². The molecule has 1 aliphatic heterocycles. The molecule has 3 nitrogen and oxygen atoms in total. The monoisotopic (exact) mass is 462 g/mol. The normalized spacial score (nSPS) is 37.1. The Kier molecular flexibility index (Phi) is 4.81. The largest absolute Gasteiger partial charge is 0.344 e. The van der Waals surface area contributed by atoms with E-state index in [1.807, 2.05) is 11.8 Å². The maximum atomic E-state index is 13.2. The number of thioether (sulfide) groups is 1. The van der Waals surface area contributed by atoms with E-state index in [4.69, 9.17) is 9.47 Å². The molecule has 4 heteroatoms. The molecule has 4 atom stereocenters. The van der Waals surface area contributed by atoms with Crippen molar-refractivity contribution in [3.8, 4) is 0 Å². The Labute approximate surface area is 201 Å². The van der Waals surface area contributed by atoms with Gasteiger partial charge in [0.1, 0.15) is 5.78 Å². The number of hydrogen-bond donors (Lipinski definition) is 0. The Morgan fingerprint density at radius 1 is 0.970 bits per heavy atom. The highest BCUT2D eigenvalue weighted by molar-refractivity contribution is 8.00. The van der Waals surface area contributed by atoms with Crippen LogP contribution in [0.15, 0.2) is 52.0 Å². The van der Waals surface area contributed by atoms with Crippen LogP contribution in [0.1, 0.15) is 76.2 Å². The third kappa shape index (κ3) is 3.35. The molecule has 6 aliphatic rings. The molecule has 1 aromatic rings. The molecule has 0 amide bonds. The van der Waals surface area contributed by atoms with Gasteiger partial charge in [-0.2, -0.15) is 0 Å². The van der Waals surface area contributed by atoms with E-state index < -0.39 is 5.79 Å². The van der Waals surface area contributed by atoms with Crippen molar-refractivity contribution in [2.45, 2.75) is 86.6 Å². The van der Waals surface area contributed by atoms with Crippen LogP contribution in [0.5, 0.6) is 0 Å². The molecule has 7 rings (SSSR count). The van der Waals surface area contributed by atoms with Crippen molar-refractivity contribution in [3.05, 3.63) is 52.6 Å². The number of carbonyl (C=O) groups is 1. The number of ether oxygens (including phenoxy) is 2. The van der Waals surface area contributed by atoms with Crippen molar-refractivity contribution < 1.29 is 14.3 Å². The molecule has 174 valence electrons. The topological polar surface area (TPSA) is 35.5 Å². The average molecular weight is 463 g/mol. The minimum Gasteiger partial charge on any atom is -0.344 e. The van der Waals surface area contributed by atoms with Crippen LogP contribution in [0.25, 0.3) is 0 Å². The third-order valence-electron chi connectivity index (χ3n) is 9.49. The lowest BCUT2D eigenvalue weighted by Crippen LogP contribution is -2.44. The summed E-state index contributed by atoms with van der Waals surface area (Å²) in [6, 6.07) is 9.40. The summed E-state index contributed by atoms with van der Waals surface area (Å²) in [5.41, 5.74) is 5.97. The van der Waals surface area contributed by atoms with Crippen molar-refractivity contribution in [1.82, 2.24) is 0 Å². The minimum absolute atomic E-state index is 0.157. The van der Waals surface area contributed by atoms with Crippen molar-refractivity contribution >= 4 is 17.5 Å². The van der Waals surface area contributed by atoms with E-state index in [1.54, 1.807) is 11.1 Å². The fourth-order valence-electron chi connectivity index (χ4n) is 7.71. The van der Waals surface area contributed by atoms with Crippen LogP contribution in [0, 0.1) is 17.3 Å². The van der Waals surface area contributed by atoms with Gasteiger partial charge in [-0.3, -0.25) is 4.79 Å². The molecule has 1 unspecified atom stereocenters. The van der Waals surface area contributed by atoms with Crippen LogP contribution >= 0.6 is 11.8 Å². The SMILES string of the molecule is C[C@]12CC(c3ccc(SC4CC4)cc3)C3=C4CCC5(C=C4CC[C@H]3[C@@H]1CCC2=O)OCCO5. The van der Waals surface area contributed by atoms with Crippen LogP contribution < -0.4 is 0 Å². The smallest absolute Gasteiger partial charge is 0.188 e. The van der Waals surface area contributed by atoms with E-state index in [-0.39, 0.29) is 5.41 Å². The second-order valence-corrected chi connectivity index (χ2v) is 12.8. The molecule has 1 heterocycles. The molecular formula is C29H34O3S. The quantitative estimate of drug-likeness (QED) is 0.508. The minimum atomic E-state index is -0.476. The molecule has 0 radical (unpaired) electrons. The molecule has 33 heavy (non-hydrogen) atoms. The zero-order valence-corrected chi connectivity index (χ0v) is 20.4. The van der Waals surface area contributed by atoms with Gasteiger partial charge < -0.3 is 9.47 Å². The zero-order chi connectivity index (χ0) is 22.2. The Balaban J connectivity index is 1.31. The Morgan fingerprint density at radius 3 is 2.52 bits per heavy atom. The van der Waals surface area contributed by atoms with Crippen LogP contribution in [0.4, 0.5) is 0 Å². The van der Waals surface area contributed by atoms with Crippen molar-refractivity contribution in [1.29, 1.82) is 0 Å². The zero-order valence-electron chi connectivity index (χ0n) is 19.6. The summed E-state index contributed by atoms with van der Waals surface area (Å²) >= 11 is 2.03. The third-order valence-corrected chi connectivity index (χ3v) is 10.8. The summed E-state index contributed by atoms with van der Waals surface area (Å²) in [5.74, 6) is 1.46. The summed E-state index contributed by atoms with van der Waals surface area (Å²) < 4.78 is 12.1. The number of carbonyl (C=O) groups excluding carboxylic acids is 1. The number of ketones is 1. The summed E-state index contributed by atoms with van der Waals surface area (Å²) in [5, 5.41) is 0.830. The first-order valence-electron chi connectivity index (χ1n) is 13.1. The molecule has 3 saturated carbocycles. The fourth-order valence-corrected chi connectivity index (χ4v) is 8.76. The predicted molar refractivity (Wildman–Crippen MR) is 130 cm³/mol. The number of rotatable bonds is 3. The van der Waals surface area contributed by atoms with Crippen LogP contribution in [-0.2, 0) is 14.3 Å². The highest BCUT2D eigenvalue weighted by Crippen LogP contribution is 2.63. The number of benzene rings is 1. The van der Waals surface area contributed by atoms with E-state index in [2.05, 4.69) is 37.3 Å². The second kappa shape index (κ2) is 7.57. The second-order valence-electron chi connectivity index (χ2n) is 11.4. The Hall–Kier alpha value is -1.36.